The lowest BCUT2D eigenvalue weighted by atomic mass is 10.1. The van der Waals surface area contributed by atoms with Gasteiger partial charge >= 0.3 is 11.9 Å². The number of phenolic OH excluding ortho intramolecular Hbond substituents is 3. The van der Waals surface area contributed by atoms with Crippen LogP contribution in [0.5, 0.6) is 28.7 Å². The Morgan fingerprint density at radius 2 is 1.45 bits per heavy atom. The van der Waals surface area contributed by atoms with Gasteiger partial charge in [0, 0.05) is 12.1 Å². The van der Waals surface area contributed by atoms with Crippen LogP contribution >= 0.6 is 0 Å². The normalized spacial score (nSPS) is 10.2. The first-order valence-corrected chi connectivity index (χ1v) is 5.83. The van der Waals surface area contributed by atoms with E-state index in [1.54, 1.807) is 0 Å². The van der Waals surface area contributed by atoms with Gasteiger partial charge in [0.2, 0.25) is 0 Å². The molecule has 0 heterocycles. The molecule has 8 nitrogen and oxygen atoms in total. The van der Waals surface area contributed by atoms with Crippen LogP contribution < -0.4 is 4.74 Å². The third-order valence-electron chi connectivity index (χ3n) is 2.71. The SMILES string of the molecule is O=C(Oc1cc(O)cc(O)c1C(=O)O)c1c(O)cccc1O. The number of carbonyl (C=O) groups is 2. The minimum Gasteiger partial charge on any atom is -0.508 e. The summed E-state index contributed by atoms with van der Waals surface area (Å²) in [6, 6.07) is 5.09. The van der Waals surface area contributed by atoms with Crippen molar-refractivity contribution < 1.29 is 39.9 Å². The largest absolute Gasteiger partial charge is 0.508 e. The van der Waals surface area contributed by atoms with Crippen LogP contribution in [0.15, 0.2) is 30.3 Å². The number of phenols is 4. The van der Waals surface area contributed by atoms with E-state index >= 15 is 0 Å². The number of carbonyl (C=O) groups excluding carboxylic acids is 1. The summed E-state index contributed by atoms with van der Waals surface area (Å²) in [5.74, 6) is -6.00. The molecule has 0 aliphatic rings. The van der Waals surface area contributed by atoms with E-state index in [0.29, 0.717) is 0 Å². The molecule has 0 saturated heterocycles. The van der Waals surface area contributed by atoms with E-state index < -0.39 is 51.8 Å². The van der Waals surface area contributed by atoms with Crippen molar-refractivity contribution in [2.75, 3.05) is 0 Å². The summed E-state index contributed by atoms with van der Waals surface area (Å²) in [7, 11) is 0. The minimum absolute atomic E-state index is 0.535. The van der Waals surface area contributed by atoms with Gasteiger partial charge in [0.05, 0.1) is 0 Å². The quantitative estimate of drug-likeness (QED) is 0.423. The molecule has 0 amide bonds. The zero-order valence-corrected chi connectivity index (χ0v) is 10.8. The third kappa shape index (κ3) is 2.70. The van der Waals surface area contributed by atoms with E-state index in [1.807, 2.05) is 0 Å². The Bertz CT molecular complexity index is 745. The molecule has 114 valence electrons. The second kappa shape index (κ2) is 5.52. The Morgan fingerprint density at radius 1 is 0.864 bits per heavy atom. The summed E-state index contributed by atoms with van der Waals surface area (Å²) >= 11 is 0. The smallest absolute Gasteiger partial charge is 0.351 e. The molecule has 8 heteroatoms. The van der Waals surface area contributed by atoms with Gasteiger partial charge in [-0.3, -0.25) is 0 Å². The number of ether oxygens (including phenoxy) is 1. The molecular weight excluding hydrogens is 296 g/mol. The average Bonchev–Trinajstić information content (AvgIpc) is 2.36. The van der Waals surface area contributed by atoms with Crippen LogP contribution in [0.4, 0.5) is 0 Å². The highest BCUT2D eigenvalue weighted by atomic mass is 16.5. The van der Waals surface area contributed by atoms with E-state index in [2.05, 4.69) is 0 Å². The Balaban J connectivity index is 2.47. The summed E-state index contributed by atoms with van der Waals surface area (Å²) < 4.78 is 4.76. The number of aromatic hydroxyl groups is 4. The molecule has 0 aromatic heterocycles. The first-order chi connectivity index (χ1) is 10.3. The van der Waals surface area contributed by atoms with E-state index in [0.717, 1.165) is 24.3 Å². The monoisotopic (exact) mass is 306 g/mol. The fourth-order valence-electron chi connectivity index (χ4n) is 1.77. The summed E-state index contributed by atoms with van der Waals surface area (Å²) in [6.45, 7) is 0. The molecule has 5 N–H and O–H groups in total. The van der Waals surface area contributed by atoms with Crippen molar-refractivity contribution in [3.63, 3.8) is 0 Å². The maximum atomic E-state index is 12.0. The second-order valence-electron chi connectivity index (χ2n) is 4.20. The molecular formula is C14H10O8. The second-order valence-corrected chi connectivity index (χ2v) is 4.20. The number of carboxylic acid groups (broad SMARTS) is 1. The molecule has 0 unspecified atom stereocenters. The van der Waals surface area contributed by atoms with Crippen LogP contribution in [0.25, 0.3) is 0 Å². The number of benzene rings is 2. The van der Waals surface area contributed by atoms with Gasteiger partial charge in [-0.1, -0.05) is 6.07 Å². The number of hydrogen-bond donors (Lipinski definition) is 5. The van der Waals surface area contributed by atoms with Gasteiger partial charge in [0.25, 0.3) is 0 Å². The van der Waals surface area contributed by atoms with Crippen LogP contribution in [0.2, 0.25) is 0 Å². The molecule has 0 saturated carbocycles. The van der Waals surface area contributed by atoms with E-state index in [1.165, 1.54) is 6.07 Å². The van der Waals surface area contributed by atoms with Crippen molar-refractivity contribution in [1.82, 2.24) is 0 Å². The molecule has 0 spiro atoms. The van der Waals surface area contributed by atoms with Crippen molar-refractivity contribution in [2.45, 2.75) is 0 Å². The van der Waals surface area contributed by atoms with Crippen LogP contribution in [0.3, 0.4) is 0 Å². The van der Waals surface area contributed by atoms with E-state index in [4.69, 9.17) is 9.84 Å². The summed E-state index contributed by atoms with van der Waals surface area (Å²) in [6.07, 6.45) is 0. The summed E-state index contributed by atoms with van der Waals surface area (Å²) in [5, 5.41) is 47.0. The van der Waals surface area contributed by atoms with Crippen LogP contribution in [0.1, 0.15) is 20.7 Å². The molecule has 2 aromatic rings. The van der Waals surface area contributed by atoms with Crippen LogP contribution in [0, 0.1) is 0 Å². The maximum absolute atomic E-state index is 12.0. The van der Waals surface area contributed by atoms with Gasteiger partial charge in [-0.05, 0) is 12.1 Å². The van der Waals surface area contributed by atoms with Gasteiger partial charge in [0.1, 0.15) is 34.1 Å². The zero-order chi connectivity index (χ0) is 16.4. The Morgan fingerprint density at radius 3 is 2.00 bits per heavy atom. The van der Waals surface area contributed by atoms with Crippen molar-refractivity contribution in [3.8, 4) is 28.7 Å². The lowest BCUT2D eigenvalue weighted by Crippen LogP contribution is -2.12. The lowest BCUT2D eigenvalue weighted by Gasteiger charge is -2.11. The highest BCUT2D eigenvalue weighted by molar-refractivity contribution is 6.00. The zero-order valence-electron chi connectivity index (χ0n) is 10.8. The molecule has 0 aliphatic carbocycles. The van der Waals surface area contributed by atoms with Crippen molar-refractivity contribution in [1.29, 1.82) is 0 Å². The third-order valence-corrected chi connectivity index (χ3v) is 2.71. The molecule has 0 bridgehead atoms. The number of hydrogen-bond acceptors (Lipinski definition) is 7. The Hall–Kier alpha value is -3.42. The number of rotatable bonds is 3. The average molecular weight is 306 g/mol. The predicted molar refractivity (Wildman–Crippen MR) is 71.5 cm³/mol. The van der Waals surface area contributed by atoms with Crippen molar-refractivity contribution >= 4 is 11.9 Å². The molecule has 22 heavy (non-hydrogen) atoms. The maximum Gasteiger partial charge on any atom is 0.351 e. The number of carboxylic acids is 1. The fraction of sp³-hybridized carbons (Fsp3) is 0. The topological polar surface area (TPSA) is 145 Å². The number of esters is 1. The molecule has 2 aromatic carbocycles. The molecule has 0 atom stereocenters. The fourth-order valence-corrected chi connectivity index (χ4v) is 1.77. The predicted octanol–water partition coefficient (Wildman–Crippen LogP) is 1.43. The highest BCUT2D eigenvalue weighted by Gasteiger charge is 2.24. The highest BCUT2D eigenvalue weighted by Crippen LogP contribution is 2.34. The van der Waals surface area contributed by atoms with Gasteiger partial charge in [-0.2, -0.15) is 0 Å². The first-order valence-electron chi connectivity index (χ1n) is 5.83. The van der Waals surface area contributed by atoms with Crippen molar-refractivity contribution in [2.24, 2.45) is 0 Å². The molecule has 0 fully saturated rings. The van der Waals surface area contributed by atoms with E-state index in [-0.39, 0.29) is 0 Å². The molecule has 0 aliphatic heterocycles. The Kier molecular flexibility index (Phi) is 3.76. The summed E-state index contributed by atoms with van der Waals surface area (Å²) in [5.41, 5.74) is -1.33. The van der Waals surface area contributed by atoms with Crippen molar-refractivity contribution in [3.05, 3.63) is 41.5 Å². The van der Waals surface area contributed by atoms with Crippen LogP contribution in [-0.4, -0.2) is 37.5 Å². The summed E-state index contributed by atoms with van der Waals surface area (Å²) in [4.78, 5) is 23.0. The van der Waals surface area contributed by atoms with Gasteiger partial charge in [-0.25, -0.2) is 9.59 Å². The van der Waals surface area contributed by atoms with Gasteiger partial charge in [0.15, 0.2) is 5.75 Å². The van der Waals surface area contributed by atoms with Crippen LogP contribution in [-0.2, 0) is 0 Å². The van der Waals surface area contributed by atoms with E-state index in [9.17, 15) is 30.0 Å². The number of aromatic carboxylic acids is 1. The lowest BCUT2D eigenvalue weighted by molar-refractivity contribution is 0.0677. The molecule has 0 radical (unpaired) electrons. The van der Waals surface area contributed by atoms with Gasteiger partial charge in [-0.15, -0.1) is 0 Å². The van der Waals surface area contributed by atoms with Gasteiger partial charge < -0.3 is 30.3 Å². The standard InChI is InChI=1S/C14H10O8/c15-6-4-9(18)12(13(19)20)10(5-6)22-14(21)11-7(16)2-1-3-8(11)17/h1-5,15-18H,(H,19,20). The minimum atomic E-state index is -1.60. The molecule has 2 rings (SSSR count). The first kappa shape index (κ1) is 15.0. The Labute approximate surface area is 123 Å².